The van der Waals surface area contributed by atoms with E-state index in [1.54, 1.807) is 0 Å². The van der Waals surface area contributed by atoms with E-state index in [9.17, 15) is 9.59 Å². The van der Waals surface area contributed by atoms with E-state index in [4.69, 9.17) is 5.11 Å². The third kappa shape index (κ3) is 1.13. The average Bonchev–Trinajstić information content (AvgIpc) is 2.26. The summed E-state index contributed by atoms with van der Waals surface area (Å²) >= 11 is 0. The largest absolute Gasteiger partial charge is 0.481 e. The van der Waals surface area contributed by atoms with Crippen molar-refractivity contribution < 1.29 is 14.7 Å². The van der Waals surface area contributed by atoms with Gasteiger partial charge >= 0.3 is 5.97 Å². The van der Waals surface area contributed by atoms with Gasteiger partial charge in [0.05, 0.1) is 5.92 Å². The lowest BCUT2D eigenvalue weighted by atomic mass is 9.81. The van der Waals surface area contributed by atoms with Gasteiger partial charge in [-0.3, -0.25) is 9.59 Å². The lowest BCUT2D eigenvalue weighted by molar-refractivity contribution is -0.143. The molecule has 2 fully saturated rings. The van der Waals surface area contributed by atoms with E-state index in [1.807, 2.05) is 0 Å². The van der Waals surface area contributed by atoms with Crippen LogP contribution in [-0.4, -0.2) is 16.9 Å². The van der Waals surface area contributed by atoms with Crippen LogP contribution in [0.1, 0.15) is 25.7 Å². The minimum absolute atomic E-state index is 0.0739. The predicted molar refractivity (Wildman–Crippen MR) is 41.6 cm³/mol. The van der Waals surface area contributed by atoms with Crippen molar-refractivity contribution >= 4 is 11.8 Å². The van der Waals surface area contributed by atoms with Crippen LogP contribution in [0.4, 0.5) is 0 Å². The molecule has 0 radical (unpaired) electrons. The second-order valence-electron chi connectivity index (χ2n) is 3.98. The molecule has 0 aliphatic heterocycles. The van der Waals surface area contributed by atoms with E-state index in [0.29, 0.717) is 24.5 Å². The summed E-state index contributed by atoms with van der Waals surface area (Å²) in [4.78, 5) is 21.9. The standard InChI is InChI=1S/C9H12O3/c10-8-3-5-1-6(8)4-7(2-5)9(11)12/h5-7H,1-4H2,(H,11,12)/t5-,6+,7-/m1/s1. The number of hydrogen-bond donors (Lipinski definition) is 1. The van der Waals surface area contributed by atoms with Gasteiger partial charge in [0.2, 0.25) is 0 Å². The molecule has 0 unspecified atom stereocenters. The number of carbonyl (C=O) groups excluding carboxylic acids is 1. The Bertz CT molecular complexity index is 234. The molecule has 0 saturated heterocycles. The Morgan fingerprint density at radius 2 is 2.08 bits per heavy atom. The fourth-order valence-electron chi connectivity index (χ4n) is 2.52. The van der Waals surface area contributed by atoms with E-state index >= 15 is 0 Å². The zero-order valence-corrected chi connectivity index (χ0v) is 6.82. The first-order valence-electron chi connectivity index (χ1n) is 4.42. The van der Waals surface area contributed by atoms with Crippen LogP contribution in [0.3, 0.4) is 0 Å². The predicted octanol–water partition coefficient (Wildman–Crippen LogP) is 1.08. The smallest absolute Gasteiger partial charge is 0.306 e. The molecule has 2 rings (SSSR count). The molecule has 0 heterocycles. The molecule has 0 aromatic heterocycles. The van der Waals surface area contributed by atoms with Crippen LogP contribution in [0.15, 0.2) is 0 Å². The van der Waals surface area contributed by atoms with Crippen LogP contribution in [0, 0.1) is 17.8 Å². The van der Waals surface area contributed by atoms with E-state index in [-0.39, 0.29) is 11.8 Å². The van der Waals surface area contributed by atoms with E-state index in [2.05, 4.69) is 0 Å². The molecule has 0 aromatic rings. The van der Waals surface area contributed by atoms with Gasteiger partial charge in [-0.25, -0.2) is 0 Å². The van der Waals surface area contributed by atoms with Gasteiger partial charge in [-0.15, -0.1) is 0 Å². The van der Waals surface area contributed by atoms with Gasteiger partial charge in [-0.1, -0.05) is 0 Å². The van der Waals surface area contributed by atoms with Crippen LogP contribution in [0.2, 0.25) is 0 Å². The maximum atomic E-state index is 11.2. The maximum absolute atomic E-state index is 11.2. The lowest BCUT2D eigenvalue weighted by Gasteiger charge is -2.22. The summed E-state index contributed by atoms with van der Waals surface area (Å²) in [5.74, 6) is -0.231. The van der Waals surface area contributed by atoms with Gasteiger partial charge in [-0.2, -0.15) is 0 Å². The molecule has 0 aromatic carbocycles. The van der Waals surface area contributed by atoms with Crippen molar-refractivity contribution in [1.29, 1.82) is 0 Å². The summed E-state index contributed by atoms with van der Waals surface area (Å²) in [6, 6.07) is 0. The van der Waals surface area contributed by atoms with Gasteiger partial charge < -0.3 is 5.11 Å². The van der Waals surface area contributed by atoms with Gasteiger partial charge in [-0.05, 0) is 25.2 Å². The van der Waals surface area contributed by atoms with Crippen molar-refractivity contribution in [3.63, 3.8) is 0 Å². The Morgan fingerprint density at radius 1 is 1.33 bits per heavy atom. The first-order valence-corrected chi connectivity index (χ1v) is 4.42. The topological polar surface area (TPSA) is 54.4 Å². The first kappa shape index (κ1) is 7.77. The molecule has 3 nitrogen and oxygen atoms in total. The summed E-state index contributed by atoms with van der Waals surface area (Å²) in [5, 5.41) is 8.78. The monoisotopic (exact) mass is 168 g/mol. The fourth-order valence-corrected chi connectivity index (χ4v) is 2.52. The molecular weight excluding hydrogens is 156 g/mol. The number of carboxylic acids is 1. The summed E-state index contributed by atoms with van der Waals surface area (Å²) in [7, 11) is 0. The minimum atomic E-state index is -0.723. The van der Waals surface area contributed by atoms with Crippen molar-refractivity contribution in [2.24, 2.45) is 17.8 Å². The lowest BCUT2D eigenvalue weighted by Crippen LogP contribution is -2.24. The Balaban J connectivity index is 2.10. The maximum Gasteiger partial charge on any atom is 0.306 e. The second-order valence-corrected chi connectivity index (χ2v) is 3.98. The normalized spacial score (nSPS) is 40.0. The van der Waals surface area contributed by atoms with Crippen molar-refractivity contribution in [2.75, 3.05) is 0 Å². The third-order valence-corrected chi connectivity index (χ3v) is 3.10. The van der Waals surface area contributed by atoms with E-state index < -0.39 is 5.97 Å². The molecule has 2 aliphatic rings. The van der Waals surface area contributed by atoms with Gasteiger partial charge in [0.15, 0.2) is 0 Å². The summed E-state index contributed by atoms with van der Waals surface area (Å²) in [6.07, 6.45) is 2.89. The van der Waals surface area contributed by atoms with Crippen LogP contribution in [0.5, 0.6) is 0 Å². The van der Waals surface area contributed by atoms with Crippen molar-refractivity contribution in [1.82, 2.24) is 0 Å². The zero-order valence-electron chi connectivity index (χ0n) is 6.82. The fraction of sp³-hybridized carbons (Fsp3) is 0.778. The Labute approximate surface area is 70.8 Å². The highest BCUT2D eigenvalue weighted by molar-refractivity contribution is 5.85. The first-order chi connectivity index (χ1) is 5.66. The van der Waals surface area contributed by atoms with Gasteiger partial charge in [0.25, 0.3) is 0 Å². The number of hydrogen-bond acceptors (Lipinski definition) is 2. The molecule has 66 valence electrons. The van der Waals surface area contributed by atoms with Crippen molar-refractivity contribution in [2.45, 2.75) is 25.7 Å². The Kier molecular flexibility index (Phi) is 1.67. The van der Waals surface area contributed by atoms with Gasteiger partial charge in [0, 0.05) is 12.3 Å². The molecule has 3 heteroatoms. The molecule has 0 spiro atoms. The Morgan fingerprint density at radius 3 is 2.67 bits per heavy atom. The van der Waals surface area contributed by atoms with Gasteiger partial charge in [0.1, 0.15) is 5.78 Å². The number of carboxylic acid groups (broad SMARTS) is 1. The highest BCUT2D eigenvalue weighted by Gasteiger charge is 2.41. The van der Waals surface area contributed by atoms with Crippen LogP contribution < -0.4 is 0 Å². The molecule has 0 amide bonds. The average molecular weight is 168 g/mol. The molecule has 2 bridgehead atoms. The molecule has 12 heavy (non-hydrogen) atoms. The zero-order chi connectivity index (χ0) is 8.72. The number of rotatable bonds is 1. The number of carbonyl (C=O) groups is 2. The SMILES string of the molecule is O=C(O)[C@@H]1C[C@@H]2CC(=O)[C@@H](C2)C1. The number of aliphatic carboxylic acids is 1. The highest BCUT2D eigenvalue weighted by Crippen LogP contribution is 2.42. The third-order valence-electron chi connectivity index (χ3n) is 3.10. The quantitative estimate of drug-likeness (QED) is 0.637. The summed E-state index contributed by atoms with van der Waals surface area (Å²) in [5.41, 5.74) is 0. The van der Waals surface area contributed by atoms with E-state index in [1.165, 1.54) is 0 Å². The molecule has 2 aliphatic carbocycles. The highest BCUT2D eigenvalue weighted by atomic mass is 16.4. The van der Waals surface area contributed by atoms with Crippen LogP contribution in [0.25, 0.3) is 0 Å². The Hall–Kier alpha value is -0.860. The molecule has 1 N–H and O–H groups in total. The second kappa shape index (κ2) is 2.57. The van der Waals surface area contributed by atoms with E-state index in [0.717, 1.165) is 12.8 Å². The number of fused-ring (bicyclic) bond motifs is 2. The molecule has 2 saturated carbocycles. The molecular formula is C9H12O3. The summed E-state index contributed by atoms with van der Waals surface area (Å²) < 4.78 is 0. The number of ketones is 1. The van der Waals surface area contributed by atoms with Crippen molar-refractivity contribution in [3.8, 4) is 0 Å². The van der Waals surface area contributed by atoms with Crippen molar-refractivity contribution in [3.05, 3.63) is 0 Å². The number of Topliss-reactive ketones (excluding diaryl/α,β-unsaturated/α-hetero) is 1. The van der Waals surface area contributed by atoms with Crippen LogP contribution in [-0.2, 0) is 9.59 Å². The summed E-state index contributed by atoms with van der Waals surface area (Å²) in [6.45, 7) is 0. The van der Waals surface area contributed by atoms with Crippen LogP contribution >= 0.6 is 0 Å². The minimum Gasteiger partial charge on any atom is -0.481 e. The molecule has 3 atom stereocenters.